The normalized spacial score (nSPS) is 14.0. The molecule has 2 heterocycles. The number of alkyl carbamates (subject to hydrolysis) is 2. The maximum absolute atomic E-state index is 13.6. The summed E-state index contributed by atoms with van der Waals surface area (Å²) in [6, 6.07) is 27.7. The van der Waals surface area contributed by atoms with Crippen LogP contribution in [0.15, 0.2) is 95.7 Å². The van der Waals surface area contributed by atoms with Crippen molar-refractivity contribution in [1.82, 2.24) is 10.6 Å². The minimum absolute atomic E-state index is 0.0443. The zero-order valence-electron chi connectivity index (χ0n) is 33.7. The average Bonchev–Trinajstić information content (AvgIpc) is 3.88. The van der Waals surface area contributed by atoms with E-state index in [2.05, 4.69) is 49.9 Å². The fourth-order valence-electron chi connectivity index (χ4n) is 5.63. The summed E-state index contributed by atoms with van der Waals surface area (Å²) in [5.41, 5.74) is 1.74. The van der Waals surface area contributed by atoms with Gasteiger partial charge in [-0.2, -0.15) is 0 Å². The van der Waals surface area contributed by atoms with Crippen LogP contribution in [0.5, 0.6) is 0 Å². The van der Waals surface area contributed by atoms with Crippen molar-refractivity contribution in [3.05, 3.63) is 117 Å². The summed E-state index contributed by atoms with van der Waals surface area (Å²) in [5.74, 6) is 0. The number of carbonyl (C=O) groups is 2. The molecule has 0 fully saturated rings. The SMILES string of the molecule is C[Si](C)(C)CCOCO[C@H]([C@@H](OCOCC[Si](C)(C)C)[C@@H](Cc1cccs1)NC(=O)OCc1ccccc1)[C@@H](Cc1cccs1)NC(=O)OCc1ccccc1. The number of hydrogen-bond acceptors (Lipinski definition) is 10. The topological polar surface area (TPSA) is 114 Å². The lowest BCUT2D eigenvalue weighted by atomic mass is 9.93. The summed E-state index contributed by atoms with van der Waals surface area (Å²) < 4.78 is 37.0. The van der Waals surface area contributed by atoms with Gasteiger partial charge in [-0.05, 0) is 46.1 Å². The zero-order valence-corrected chi connectivity index (χ0v) is 37.3. The summed E-state index contributed by atoms with van der Waals surface area (Å²) in [4.78, 5) is 29.3. The van der Waals surface area contributed by atoms with Gasteiger partial charge in [-0.1, -0.05) is 112 Å². The Morgan fingerprint density at radius 3 is 1.30 bits per heavy atom. The van der Waals surface area contributed by atoms with Gasteiger partial charge in [-0.25, -0.2) is 9.59 Å². The Morgan fingerprint density at radius 2 is 0.964 bits per heavy atom. The van der Waals surface area contributed by atoms with Crippen LogP contribution in [0.25, 0.3) is 0 Å². The second-order valence-corrected chi connectivity index (χ2v) is 29.4. The summed E-state index contributed by atoms with van der Waals surface area (Å²) in [5, 5.41) is 10.2. The molecule has 10 nitrogen and oxygen atoms in total. The fourth-order valence-corrected chi connectivity index (χ4v) is 8.67. The number of benzene rings is 2. The molecular weight excluding hydrogens is 781 g/mol. The highest BCUT2D eigenvalue weighted by atomic mass is 32.1. The minimum atomic E-state index is -1.38. The van der Waals surface area contributed by atoms with E-state index in [0.29, 0.717) is 26.1 Å². The summed E-state index contributed by atoms with van der Waals surface area (Å²) >= 11 is 3.16. The predicted octanol–water partition coefficient (Wildman–Crippen LogP) is 9.58. The molecule has 0 aliphatic heterocycles. The molecule has 2 amide bonds. The zero-order chi connectivity index (χ0) is 40.2. The first-order valence-corrected chi connectivity index (χ1v) is 28.4. The molecule has 2 aromatic heterocycles. The van der Waals surface area contributed by atoms with Gasteiger partial charge in [-0.15, -0.1) is 22.7 Å². The van der Waals surface area contributed by atoms with Crippen LogP contribution in [-0.2, 0) is 54.5 Å². The predicted molar refractivity (Wildman–Crippen MR) is 231 cm³/mol. The van der Waals surface area contributed by atoms with Gasteiger partial charge in [-0.3, -0.25) is 0 Å². The largest absolute Gasteiger partial charge is 0.445 e. The number of nitrogens with one attached hydrogen (secondary N) is 2. The molecule has 0 aliphatic carbocycles. The molecule has 306 valence electrons. The maximum atomic E-state index is 13.6. The second-order valence-electron chi connectivity index (χ2n) is 16.1. The van der Waals surface area contributed by atoms with E-state index in [9.17, 15) is 9.59 Å². The van der Waals surface area contributed by atoms with Crippen molar-refractivity contribution >= 4 is 51.0 Å². The second kappa shape index (κ2) is 23.8. The highest BCUT2D eigenvalue weighted by molar-refractivity contribution is 7.10. The molecule has 2 aromatic carbocycles. The van der Waals surface area contributed by atoms with Gasteiger partial charge < -0.3 is 39.1 Å². The molecule has 0 radical (unpaired) electrons. The van der Waals surface area contributed by atoms with Crippen LogP contribution in [0.3, 0.4) is 0 Å². The highest BCUT2D eigenvalue weighted by Crippen LogP contribution is 2.24. The molecule has 2 N–H and O–H groups in total. The molecule has 0 bridgehead atoms. The molecular formula is C42H60N2O8S2Si2. The van der Waals surface area contributed by atoms with Gasteiger partial charge >= 0.3 is 12.2 Å². The smallest absolute Gasteiger partial charge is 0.407 e. The van der Waals surface area contributed by atoms with Crippen LogP contribution in [0, 0.1) is 0 Å². The Morgan fingerprint density at radius 1 is 0.571 bits per heavy atom. The lowest BCUT2D eigenvalue weighted by molar-refractivity contribution is -0.180. The molecule has 0 spiro atoms. The summed E-state index contributed by atoms with van der Waals surface area (Å²) in [6.45, 7) is 15.0. The van der Waals surface area contributed by atoms with Crippen LogP contribution in [-0.4, -0.2) is 79.4 Å². The van der Waals surface area contributed by atoms with Gasteiger partial charge in [0.05, 0.1) is 12.1 Å². The number of thiophene rings is 2. The molecule has 56 heavy (non-hydrogen) atoms. The van der Waals surface area contributed by atoms with Gasteiger partial charge in [0.1, 0.15) is 39.0 Å². The lowest BCUT2D eigenvalue weighted by Crippen LogP contribution is -2.59. The van der Waals surface area contributed by atoms with E-state index in [0.717, 1.165) is 33.0 Å². The molecule has 4 aromatic rings. The van der Waals surface area contributed by atoms with Crippen molar-refractivity contribution in [2.45, 2.75) is 102 Å². The van der Waals surface area contributed by atoms with Crippen LogP contribution in [0.2, 0.25) is 51.4 Å². The molecule has 0 aliphatic rings. The Labute approximate surface area is 343 Å². The quantitative estimate of drug-likeness (QED) is 0.0386. The monoisotopic (exact) mass is 840 g/mol. The Hall–Kier alpha value is -3.35. The van der Waals surface area contributed by atoms with Crippen LogP contribution < -0.4 is 10.6 Å². The first-order valence-electron chi connectivity index (χ1n) is 19.2. The Bertz CT molecular complexity index is 1530. The molecule has 14 heteroatoms. The third-order valence-electron chi connectivity index (χ3n) is 8.83. The van der Waals surface area contributed by atoms with Crippen LogP contribution >= 0.6 is 22.7 Å². The number of hydrogen-bond donors (Lipinski definition) is 2. The third-order valence-corrected chi connectivity index (χ3v) is 14.0. The van der Waals surface area contributed by atoms with E-state index in [1.807, 2.05) is 95.7 Å². The third kappa shape index (κ3) is 18.3. The Balaban J connectivity index is 1.68. The van der Waals surface area contributed by atoms with E-state index in [4.69, 9.17) is 28.4 Å². The number of rotatable bonds is 25. The molecule has 0 saturated carbocycles. The van der Waals surface area contributed by atoms with E-state index in [1.165, 1.54) is 0 Å². The summed E-state index contributed by atoms with van der Waals surface area (Å²) in [7, 11) is -2.75. The van der Waals surface area contributed by atoms with Crippen molar-refractivity contribution < 1.29 is 38.0 Å². The van der Waals surface area contributed by atoms with Crippen LogP contribution in [0.1, 0.15) is 20.9 Å². The summed E-state index contributed by atoms with van der Waals surface area (Å²) in [6.07, 6.45) is -2.02. The number of carbonyl (C=O) groups excluding carboxylic acids is 2. The first kappa shape index (κ1) is 45.4. The van der Waals surface area contributed by atoms with Crippen molar-refractivity contribution in [2.75, 3.05) is 26.8 Å². The van der Waals surface area contributed by atoms with Crippen molar-refractivity contribution in [1.29, 1.82) is 0 Å². The van der Waals surface area contributed by atoms with Crippen molar-refractivity contribution in [3.8, 4) is 0 Å². The number of ether oxygens (including phenoxy) is 6. The molecule has 0 unspecified atom stereocenters. The maximum Gasteiger partial charge on any atom is 0.407 e. The van der Waals surface area contributed by atoms with Crippen molar-refractivity contribution in [2.24, 2.45) is 0 Å². The van der Waals surface area contributed by atoms with Gasteiger partial charge in [0, 0.05) is 52.0 Å². The minimum Gasteiger partial charge on any atom is -0.445 e. The first-order chi connectivity index (χ1) is 26.8. The number of amides is 2. The molecule has 0 saturated heterocycles. The molecule has 4 rings (SSSR count). The van der Waals surface area contributed by atoms with E-state index < -0.39 is 52.6 Å². The van der Waals surface area contributed by atoms with Gasteiger partial charge in [0.2, 0.25) is 0 Å². The standard InChI is InChI=1S/C42H60N2O8S2Si2/c1-55(2,3)25-21-47-31-51-39(37(27-35-19-13-23-53-35)43-41(45)49-29-33-15-9-7-10-16-33)40(52-32-48-22-26-56(4,5)6)38(28-36-20-14-24-54-36)44-42(46)50-30-34-17-11-8-12-18-34/h7-20,23-24,37-40H,21-22,25-32H2,1-6H3,(H,43,45)(H,44,46)/t37-,38-,39+,40+/m1/s1. The van der Waals surface area contributed by atoms with E-state index in [1.54, 1.807) is 22.7 Å². The molecule has 4 atom stereocenters. The van der Waals surface area contributed by atoms with Crippen LogP contribution in [0.4, 0.5) is 9.59 Å². The lowest BCUT2D eigenvalue weighted by Gasteiger charge is -2.38. The van der Waals surface area contributed by atoms with Crippen molar-refractivity contribution in [3.63, 3.8) is 0 Å². The van der Waals surface area contributed by atoms with Gasteiger partial charge in [0.15, 0.2) is 0 Å². The van der Waals surface area contributed by atoms with E-state index >= 15 is 0 Å². The fraction of sp³-hybridized carbons (Fsp3) is 0.476. The average molecular weight is 841 g/mol. The highest BCUT2D eigenvalue weighted by Gasteiger charge is 2.40. The van der Waals surface area contributed by atoms with E-state index in [-0.39, 0.29) is 26.8 Å². The van der Waals surface area contributed by atoms with Gasteiger partial charge in [0.25, 0.3) is 0 Å². The Kier molecular flexibility index (Phi) is 19.3.